The Kier molecular flexibility index (Phi) is 3.47. The zero-order valence-corrected chi connectivity index (χ0v) is 10.1. The summed E-state index contributed by atoms with van der Waals surface area (Å²) in [4.78, 5) is 0. The van der Waals surface area contributed by atoms with Crippen molar-refractivity contribution < 1.29 is 8.42 Å². The van der Waals surface area contributed by atoms with Crippen molar-refractivity contribution in [3.63, 3.8) is 0 Å². The second kappa shape index (κ2) is 4.70. The Labute approximate surface area is 96.8 Å². The fraction of sp³-hybridized carbons (Fsp3) is 0.900. The number of rotatable bonds is 2. The second-order valence-corrected chi connectivity index (χ2v) is 6.25. The van der Waals surface area contributed by atoms with Gasteiger partial charge in [0.2, 0.25) is 0 Å². The quantitative estimate of drug-likeness (QED) is 0.717. The molecule has 1 unspecified atom stereocenters. The van der Waals surface area contributed by atoms with E-state index in [0.717, 1.165) is 25.7 Å². The molecule has 0 aromatic carbocycles. The number of hydrogen-bond acceptors (Lipinski definition) is 3. The summed E-state index contributed by atoms with van der Waals surface area (Å²) in [6.07, 6.45) is 4.44. The molecule has 1 atom stereocenters. The average Bonchev–Trinajstić information content (AvgIpc) is 2.79. The normalized spacial score (nSPS) is 29.1. The summed E-state index contributed by atoms with van der Waals surface area (Å²) in [5, 5.41) is 8.92. The number of piperidine rings is 1. The first-order chi connectivity index (χ1) is 7.66. The van der Waals surface area contributed by atoms with Gasteiger partial charge >= 0.3 is 0 Å². The zero-order chi connectivity index (χ0) is 11.6. The Morgan fingerprint density at radius 1 is 1.06 bits per heavy atom. The van der Waals surface area contributed by atoms with E-state index in [1.54, 1.807) is 0 Å². The van der Waals surface area contributed by atoms with Gasteiger partial charge < -0.3 is 0 Å². The first-order valence-corrected chi connectivity index (χ1v) is 7.22. The molecule has 0 radical (unpaired) electrons. The molecule has 6 heteroatoms. The highest BCUT2D eigenvalue weighted by Crippen LogP contribution is 2.24. The Hall–Kier alpha value is -0.640. The van der Waals surface area contributed by atoms with E-state index in [0.29, 0.717) is 26.1 Å². The Morgan fingerprint density at radius 3 is 2.38 bits per heavy atom. The van der Waals surface area contributed by atoms with Gasteiger partial charge in [0.05, 0.1) is 6.07 Å². The standard InChI is InChI=1S/C10H17N3O2S/c11-9-10-5-4-8-13(10)16(14,15)12-6-2-1-3-7-12/h10H,1-8H2. The van der Waals surface area contributed by atoms with Gasteiger partial charge in [-0.2, -0.15) is 22.3 Å². The van der Waals surface area contributed by atoms with Gasteiger partial charge in [-0.15, -0.1) is 0 Å². The third-order valence-electron chi connectivity index (χ3n) is 3.29. The van der Waals surface area contributed by atoms with E-state index in [1.807, 2.05) is 0 Å². The van der Waals surface area contributed by atoms with E-state index in [-0.39, 0.29) is 0 Å². The molecule has 0 aromatic rings. The summed E-state index contributed by atoms with van der Waals surface area (Å²) < 4.78 is 27.4. The van der Waals surface area contributed by atoms with Crippen molar-refractivity contribution in [2.24, 2.45) is 0 Å². The van der Waals surface area contributed by atoms with Crippen LogP contribution in [0.2, 0.25) is 0 Å². The van der Waals surface area contributed by atoms with Crippen molar-refractivity contribution in [1.29, 1.82) is 5.26 Å². The lowest BCUT2D eigenvalue weighted by Gasteiger charge is -2.31. The average molecular weight is 243 g/mol. The monoisotopic (exact) mass is 243 g/mol. The van der Waals surface area contributed by atoms with E-state index >= 15 is 0 Å². The van der Waals surface area contributed by atoms with Gasteiger partial charge in [-0.1, -0.05) is 6.42 Å². The summed E-state index contributed by atoms with van der Waals surface area (Å²) in [7, 11) is -3.38. The van der Waals surface area contributed by atoms with Crippen LogP contribution in [0.1, 0.15) is 32.1 Å². The van der Waals surface area contributed by atoms with Crippen LogP contribution in [0.5, 0.6) is 0 Å². The minimum absolute atomic E-state index is 0.452. The van der Waals surface area contributed by atoms with Crippen molar-refractivity contribution in [2.75, 3.05) is 19.6 Å². The molecule has 0 saturated carbocycles. The Morgan fingerprint density at radius 2 is 1.75 bits per heavy atom. The smallest absolute Gasteiger partial charge is 0.197 e. The summed E-state index contributed by atoms with van der Waals surface area (Å²) in [6, 6.07) is 1.63. The Balaban J connectivity index is 2.14. The van der Waals surface area contributed by atoms with Gasteiger partial charge in [-0.05, 0) is 25.7 Å². The largest absolute Gasteiger partial charge is 0.283 e. The highest BCUT2D eigenvalue weighted by Gasteiger charge is 2.38. The highest BCUT2D eigenvalue weighted by atomic mass is 32.2. The van der Waals surface area contributed by atoms with E-state index in [2.05, 4.69) is 6.07 Å². The van der Waals surface area contributed by atoms with E-state index in [9.17, 15) is 8.42 Å². The van der Waals surface area contributed by atoms with E-state index in [1.165, 1.54) is 8.61 Å². The van der Waals surface area contributed by atoms with Gasteiger partial charge in [-0.3, -0.25) is 0 Å². The summed E-state index contributed by atoms with van der Waals surface area (Å²) in [5.41, 5.74) is 0. The summed E-state index contributed by atoms with van der Waals surface area (Å²) in [5.74, 6) is 0. The van der Waals surface area contributed by atoms with E-state index in [4.69, 9.17) is 5.26 Å². The fourth-order valence-electron chi connectivity index (χ4n) is 2.39. The number of nitriles is 1. The van der Waals surface area contributed by atoms with Crippen LogP contribution in [0.25, 0.3) is 0 Å². The van der Waals surface area contributed by atoms with Crippen molar-refractivity contribution in [3.8, 4) is 6.07 Å². The van der Waals surface area contributed by atoms with Crippen LogP contribution in [-0.2, 0) is 10.2 Å². The molecule has 2 aliphatic rings. The first-order valence-electron chi connectivity index (χ1n) is 5.83. The molecule has 2 aliphatic heterocycles. The molecule has 0 amide bonds. The van der Waals surface area contributed by atoms with Crippen LogP contribution >= 0.6 is 0 Å². The molecule has 2 heterocycles. The maximum absolute atomic E-state index is 12.3. The lowest BCUT2D eigenvalue weighted by molar-refractivity contribution is 0.307. The molecule has 0 spiro atoms. The maximum Gasteiger partial charge on any atom is 0.283 e. The lowest BCUT2D eigenvalue weighted by Crippen LogP contribution is -2.47. The van der Waals surface area contributed by atoms with Gasteiger partial charge in [0, 0.05) is 19.6 Å². The third-order valence-corrected chi connectivity index (χ3v) is 5.34. The van der Waals surface area contributed by atoms with Crippen LogP contribution in [0.15, 0.2) is 0 Å². The summed E-state index contributed by atoms with van der Waals surface area (Å²) >= 11 is 0. The van der Waals surface area contributed by atoms with Crippen LogP contribution in [0.4, 0.5) is 0 Å². The molecule has 90 valence electrons. The molecule has 2 rings (SSSR count). The molecule has 2 saturated heterocycles. The molecule has 0 N–H and O–H groups in total. The zero-order valence-electron chi connectivity index (χ0n) is 9.30. The van der Waals surface area contributed by atoms with Crippen LogP contribution in [0, 0.1) is 11.3 Å². The van der Waals surface area contributed by atoms with Crippen molar-refractivity contribution in [3.05, 3.63) is 0 Å². The van der Waals surface area contributed by atoms with Crippen LogP contribution in [-0.4, -0.2) is 42.7 Å². The predicted octanol–water partition coefficient (Wildman–Crippen LogP) is 0.705. The van der Waals surface area contributed by atoms with Gasteiger partial charge in [-0.25, -0.2) is 0 Å². The number of nitrogens with zero attached hydrogens (tertiary/aromatic N) is 3. The lowest BCUT2D eigenvalue weighted by atomic mass is 10.2. The van der Waals surface area contributed by atoms with Gasteiger partial charge in [0.15, 0.2) is 0 Å². The topological polar surface area (TPSA) is 64.4 Å². The van der Waals surface area contributed by atoms with Crippen molar-refractivity contribution in [1.82, 2.24) is 8.61 Å². The molecule has 0 aromatic heterocycles. The summed E-state index contributed by atoms with van der Waals surface area (Å²) in [6.45, 7) is 1.71. The molecule has 0 bridgehead atoms. The molecular weight excluding hydrogens is 226 g/mol. The Bertz CT molecular complexity index is 381. The first kappa shape index (κ1) is 11.8. The third kappa shape index (κ3) is 2.08. The molecule has 16 heavy (non-hydrogen) atoms. The molecule has 0 aliphatic carbocycles. The van der Waals surface area contributed by atoms with Crippen LogP contribution in [0.3, 0.4) is 0 Å². The number of hydrogen-bond donors (Lipinski definition) is 0. The molecular formula is C10H17N3O2S. The SMILES string of the molecule is N#CC1CCCN1S(=O)(=O)N1CCCCC1. The van der Waals surface area contributed by atoms with Gasteiger partial charge in [0.1, 0.15) is 6.04 Å². The van der Waals surface area contributed by atoms with Crippen molar-refractivity contribution >= 4 is 10.2 Å². The van der Waals surface area contributed by atoms with E-state index < -0.39 is 16.3 Å². The second-order valence-electron chi connectivity index (χ2n) is 4.37. The fourth-order valence-corrected chi connectivity index (χ4v) is 4.24. The van der Waals surface area contributed by atoms with Crippen LogP contribution < -0.4 is 0 Å². The molecule has 5 nitrogen and oxygen atoms in total. The predicted molar refractivity (Wildman–Crippen MR) is 59.7 cm³/mol. The minimum atomic E-state index is -3.38. The highest BCUT2D eigenvalue weighted by molar-refractivity contribution is 7.86. The van der Waals surface area contributed by atoms with Crippen molar-refractivity contribution in [2.45, 2.75) is 38.1 Å². The maximum atomic E-state index is 12.3. The molecule has 2 fully saturated rings. The minimum Gasteiger partial charge on any atom is -0.197 e. The van der Waals surface area contributed by atoms with Gasteiger partial charge in [0.25, 0.3) is 10.2 Å².